The fourth-order valence-electron chi connectivity index (χ4n) is 2.35. The number of hydrogen-bond donors (Lipinski definition) is 0. The molecule has 0 nitrogen and oxygen atoms in total. The molecular formula is C13H16Cl2. The van der Waals surface area contributed by atoms with Crippen LogP contribution in [-0.4, -0.2) is 0 Å². The van der Waals surface area contributed by atoms with Crippen LogP contribution in [0.2, 0.25) is 5.02 Å². The van der Waals surface area contributed by atoms with Gasteiger partial charge in [0.25, 0.3) is 0 Å². The minimum Gasteiger partial charge on any atom is -0.118 e. The molecule has 82 valence electrons. The van der Waals surface area contributed by atoms with E-state index in [0.717, 1.165) is 5.02 Å². The molecule has 0 bridgehead atoms. The zero-order valence-corrected chi connectivity index (χ0v) is 10.3. The van der Waals surface area contributed by atoms with Crippen LogP contribution < -0.4 is 0 Å². The van der Waals surface area contributed by atoms with Gasteiger partial charge in [-0.15, -0.1) is 11.6 Å². The van der Waals surface area contributed by atoms with Crippen molar-refractivity contribution in [1.29, 1.82) is 0 Å². The summed E-state index contributed by atoms with van der Waals surface area (Å²) >= 11 is 12.4. The van der Waals surface area contributed by atoms with E-state index in [0.29, 0.717) is 5.92 Å². The molecule has 2 heteroatoms. The summed E-state index contributed by atoms with van der Waals surface area (Å²) in [6.45, 7) is 0. The van der Waals surface area contributed by atoms with Crippen LogP contribution in [0.5, 0.6) is 0 Å². The van der Waals surface area contributed by atoms with E-state index in [4.69, 9.17) is 23.2 Å². The Balaban J connectivity index is 2.05. The van der Waals surface area contributed by atoms with Gasteiger partial charge in [0.15, 0.2) is 0 Å². The fraction of sp³-hybridized carbons (Fsp3) is 0.538. The summed E-state index contributed by atoms with van der Waals surface area (Å²) in [6, 6.07) is 7.95. The Kier molecular flexibility index (Phi) is 3.93. The lowest BCUT2D eigenvalue weighted by Gasteiger charge is -2.26. The van der Waals surface area contributed by atoms with E-state index in [1.165, 1.54) is 37.7 Å². The Hall–Kier alpha value is -0.200. The van der Waals surface area contributed by atoms with Gasteiger partial charge in [-0.3, -0.25) is 0 Å². The molecule has 2 rings (SSSR count). The SMILES string of the molecule is Clc1ccc(C(Cl)C2CCCCC2)cc1. The lowest BCUT2D eigenvalue weighted by Crippen LogP contribution is -2.12. The molecule has 15 heavy (non-hydrogen) atoms. The number of rotatable bonds is 2. The van der Waals surface area contributed by atoms with Crippen LogP contribution in [0, 0.1) is 5.92 Å². The number of alkyl halides is 1. The molecule has 1 aliphatic carbocycles. The maximum Gasteiger partial charge on any atom is 0.0613 e. The third-order valence-corrected chi connectivity index (χ3v) is 4.11. The van der Waals surface area contributed by atoms with E-state index in [1.807, 2.05) is 12.1 Å². The molecule has 1 fully saturated rings. The van der Waals surface area contributed by atoms with Gasteiger partial charge in [0.2, 0.25) is 0 Å². The number of benzene rings is 1. The molecule has 1 aromatic carbocycles. The summed E-state index contributed by atoms with van der Waals surface area (Å²) in [5.41, 5.74) is 1.22. The van der Waals surface area contributed by atoms with Crippen molar-refractivity contribution in [3.8, 4) is 0 Å². The van der Waals surface area contributed by atoms with Gasteiger partial charge < -0.3 is 0 Å². The lowest BCUT2D eigenvalue weighted by atomic mass is 9.84. The Morgan fingerprint density at radius 1 is 1.00 bits per heavy atom. The van der Waals surface area contributed by atoms with Gasteiger partial charge in [0.05, 0.1) is 5.38 Å². The maximum absolute atomic E-state index is 6.49. The second-order valence-corrected chi connectivity index (χ2v) is 5.26. The van der Waals surface area contributed by atoms with Crippen LogP contribution in [0.1, 0.15) is 43.0 Å². The Morgan fingerprint density at radius 3 is 2.20 bits per heavy atom. The van der Waals surface area contributed by atoms with Crippen molar-refractivity contribution in [2.24, 2.45) is 5.92 Å². The highest BCUT2D eigenvalue weighted by Crippen LogP contribution is 2.38. The van der Waals surface area contributed by atoms with Gasteiger partial charge in [-0.2, -0.15) is 0 Å². The molecule has 0 aliphatic heterocycles. The summed E-state index contributed by atoms with van der Waals surface area (Å²) in [5.74, 6) is 0.654. The van der Waals surface area contributed by atoms with Crippen molar-refractivity contribution in [2.45, 2.75) is 37.5 Å². The summed E-state index contributed by atoms with van der Waals surface area (Å²) in [7, 11) is 0. The minimum absolute atomic E-state index is 0.169. The van der Waals surface area contributed by atoms with Gasteiger partial charge in [-0.1, -0.05) is 43.0 Å². The third-order valence-electron chi connectivity index (χ3n) is 3.25. The standard InChI is InChI=1S/C13H16Cl2/c14-12-8-6-11(7-9-12)13(15)10-4-2-1-3-5-10/h6-10,13H,1-5H2. The van der Waals surface area contributed by atoms with Crippen molar-refractivity contribution in [2.75, 3.05) is 0 Å². The minimum atomic E-state index is 0.169. The topological polar surface area (TPSA) is 0 Å². The molecule has 1 aliphatic rings. The Bertz CT molecular complexity index is 299. The van der Waals surface area contributed by atoms with Crippen LogP contribution in [-0.2, 0) is 0 Å². The zero-order chi connectivity index (χ0) is 10.7. The number of hydrogen-bond acceptors (Lipinski definition) is 0. The summed E-state index contributed by atoms with van der Waals surface area (Å²) < 4.78 is 0. The van der Waals surface area contributed by atoms with Gasteiger partial charge in [0.1, 0.15) is 0 Å². The summed E-state index contributed by atoms with van der Waals surface area (Å²) in [5, 5.41) is 0.953. The smallest absolute Gasteiger partial charge is 0.0613 e. The average molecular weight is 243 g/mol. The average Bonchev–Trinajstić information content (AvgIpc) is 2.30. The van der Waals surface area contributed by atoms with Gasteiger partial charge in [-0.25, -0.2) is 0 Å². The van der Waals surface area contributed by atoms with Gasteiger partial charge in [0, 0.05) is 5.02 Å². The van der Waals surface area contributed by atoms with Crippen molar-refractivity contribution < 1.29 is 0 Å². The van der Waals surface area contributed by atoms with Gasteiger partial charge in [-0.05, 0) is 36.5 Å². The molecule has 0 heterocycles. The highest BCUT2D eigenvalue weighted by molar-refractivity contribution is 6.30. The molecule has 0 amide bonds. The van der Waals surface area contributed by atoms with Gasteiger partial charge >= 0.3 is 0 Å². The predicted molar refractivity (Wildman–Crippen MR) is 66.6 cm³/mol. The van der Waals surface area contributed by atoms with Crippen molar-refractivity contribution in [3.63, 3.8) is 0 Å². The Morgan fingerprint density at radius 2 is 1.60 bits per heavy atom. The molecule has 0 radical (unpaired) electrons. The van der Waals surface area contributed by atoms with Crippen LogP contribution >= 0.6 is 23.2 Å². The quantitative estimate of drug-likeness (QED) is 0.626. The van der Waals surface area contributed by atoms with Crippen molar-refractivity contribution in [1.82, 2.24) is 0 Å². The van der Waals surface area contributed by atoms with Crippen molar-refractivity contribution in [3.05, 3.63) is 34.9 Å². The predicted octanol–water partition coefficient (Wildman–Crippen LogP) is 5.20. The zero-order valence-electron chi connectivity index (χ0n) is 8.76. The lowest BCUT2D eigenvalue weighted by molar-refractivity contribution is 0.348. The third kappa shape index (κ3) is 2.89. The first-order chi connectivity index (χ1) is 7.27. The molecule has 0 saturated heterocycles. The van der Waals surface area contributed by atoms with E-state index in [9.17, 15) is 0 Å². The molecular weight excluding hydrogens is 227 g/mol. The normalized spacial score (nSPS) is 20.1. The molecule has 1 aromatic rings. The first-order valence-corrected chi connectivity index (χ1v) is 6.48. The van der Waals surface area contributed by atoms with Crippen molar-refractivity contribution >= 4 is 23.2 Å². The molecule has 1 atom stereocenters. The first kappa shape index (κ1) is 11.3. The highest BCUT2D eigenvalue weighted by Gasteiger charge is 2.22. The van der Waals surface area contributed by atoms with E-state index < -0.39 is 0 Å². The molecule has 0 aromatic heterocycles. The van der Waals surface area contributed by atoms with Crippen LogP contribution in [0.25, 0.3) is 0 Å². The molecule has 0 spiro atoms. The largest absolute Gasteiger partial charge is 0.118 e. The van der Waals surface area contributed by atoms with Crippen LogP contribution in [0.3, 0.4) is 0 Å². The van der Waals surface area contributed by atoms with E-state index in [-0.39, 0.29) is 5.38 Å². The van der Waals surface area contributed by atoms with Crippen LogP contribution in [0.15, 0.2) is 24.3 Å². The van der Waals surface area contributed by atoms with E-state index >= 15 is 0 Å². The number of halogens is 2. The highest BCUT2D eigenvalue weighted by atomic mass is 35.5. The molecule has 1 unspecified atom stereocenters. The molecule has 1 saturated carbocycles. The van der Waals surface area contributed by atoms with E-state index in [2.05, 4.69) is 12.1 Å². The second kappa shape index (κ2) is 5.23. The first-order valence-electron chi connectivity index (χ1n) is 5.67. The molecule has 0 N–H and O–H groups in total. The monoisotopic (exact) mass is 242 g/mol. The van der Waals surface area contributed by atoms with E-state index in [1.54, 1.807) is 0 Å². The summed E-state index contributed by atoms with van der Waals surface area (Å²) in [4.78, 5) is 0. The second-order valence-electron chi connectivity index (χ2n) is 4.35. The Labute approximate surface area is 102 Å². The summed E-state index contributed by atoms with van der Waals surface area (Å²) in [6.07, 6.45) is 6.59. The maximum atomic E-state index is 6.49. The van der Waals surface area contributed by atoms with Crippen LogP contribution in [0.4, 0.5) is 0 Å². The fourth-order valence-corrected chi connectivity index (χ4v) is 2.87.